The van der Waals surface area contributed by atoms with Crippen LogP contribution in [0, 0.1) is 5.41 Å². The Morgan fingerprint density at radius 1 is 0.793 bits per heavy atom. The molecule has 0 unspecified atom stereocenters. The van der Waals surface area contributed by atoms with Gasteiger partial charge in [-0.15, -0.1) is 0 Å². The Morgan fingerprint density at radius 2 is 1.24 bits per heavy atom. The zero-order valence-electron chi connectivity index (χ0n) is 17.4. The minimum Gasteiger partial charge on any atom is -0.484 e. The molecule has 29 heavy (non-hydrogen) atoms. The summed E-state index contributed by atoms with van der Waals surface area (Å²) >= 11 is 0. The number of carbonyl (C=O) groups excluding carboxylic acids is 1. The molecule has 1 aliphatic carbocycles. The molecular weight excluding hydrogens is 360 g/mol. The van der Waals surface area contributed by atoms with E-state index in [0.29, 0.717) is 0 Å². The van der Waals surface area contributed by atoms with E-state index in [9.17, 15) is 4.79 Å². The summed E-state index contributed by atoms with van der Waals surface area (Å²) in [6.07, 6.45) is 5.28. The number of benzene rings is 2. The Kier molecular flexibility index (Phi) is 3.99. The molecule has 3 aliphatic rings. The lowest BCUT2D eigenvalue weighted by Crippen LogP contribution is -2.56. The first-order chi connectivity index (χ1) is 13.9. The number of Topliss-reactive ketones (excluding diaryl/α,β-unsaturated/α-hetero) is 1. The molecular formula is C26H26O3. The van der Waals surface area contributed by atoms with Gasteiger partial charge in [0.05, 0.1) is 0 Å². The van der Waals surface area contributed by atoms with Crippen molar-refractivity contribution < 1.29 is 14.3 Å². The van der Waals surface area contributed by atoms with E-state index in [4.69, 9.17) is 9.47 Å². The monoisotopic (exact) mass is 386 g/mol. The van der Waals surface area contributed by atoms with Crippen LogP contribution in [0.25, 0.3) is 12.2 Å². The van der Waals surface area contributed by atoms with E-state index in [1.54, 1.807) is 0 Å². The van der Waals surface area contributed by atoms with Gasteiger partial charge >= 0.3 is 0 Å². The SMILES string of the molecule is CCc1ccc2c(c1)O[C@@H]1C(=C2)C(=O)C2=Cc3ccc(CC)cc3O[C@H]2C1(C)C. The van der Waals surface area contributed by atoms with Gasteiger partial charge in [-0.2, -0.15) is 0 Å². The number of hydrogen-bond donors (Lipinski definition) is 0. The minimum atomic E-state index is -0.384. The van der Waals surface area contributed by atoms with Gasteiger partial charge in [0, 0.05) is 27.7 Å². The molecule has 2 atom stereocenters. The minimum absolute atomic E-state index is 0.0368. The summed E-state index contributed by atoms with van der Waals surface area (Å²) in [7, 11) is 0. The summed E-state index contributed by atoms with van der Waals surface area (Å²) in [4.78, 5) is 13.5. The van der Waals surface area contributed by atoms with Crippen molar-refractivity contribution in [3.05, 3.63) is 69.8 Å². The summed E-state index contributed by atoms with van der Waals surface area (Å²) in [5.41, 5.74) is 5.48. The Balaban J connectivity index is 1.63. The first kappa shape index (κ1) is 18.2. The van der Waals surface area contributed by atoms with E-state index < -0.39 is 0 Å². The summed E-state index contributed by atoms with van der Waals surface area (Å²) < 4.78 is 12.9. The molecule has 2 heterocycles. The van der Waals surface area contributed by atoms with Crippen LogP contribution in [0.3, 0.4) is 0 Å². The molecule has 1 saturated carbocycles. The topological polar surface area (TPSA) is 35.5 Å². The molecule has 3 heteroatoms. The third kappa shape index (κ3) is 2.67. The fourth-order valence-electron chi connectivity index (χ4n) is 4.69. The van der Waals surface area contributed by atoms with Crippen LogP contribution < -0.4 is 9.47 Å². The molecule has 0 saturated heterocycles. The van der Waals surface area contributed by atoms with E-state index in [-0.39, 0.29) is 23.4 Å². The lowest BCUT2D eigenvalue weighted by molar-refractivity contribution is -0.119. The van der Waals surface area contributed by atoms with Gasteiger partial charge in [-0.05, 0) is 48.3 Å². The predicted octanol–water partition coefficient (Wildman–Crippen LogP) is 5.41. The molecule has 0 bridgehead atoms. The fraction of sp³-hybridized carbons (Fsp3) is 0.346. The fourth-order valence-corrected chi connectivity index (χ4v) is 4.69. The van der Waals surface area contributed by atoms with Crippen molar-refractivity contribution in [3.63, 3.8) is 0 Å². The second-order valence-corrected chi connectivity index (χ2v) is 8.80. The van der Waals surface area contributed by atoms with Crippen LogP contribution in [0.5, 0.6) is 11.5 Å². The van der Waals surface area contributed by atoms with Crippen molar-refractivity contribution in [2.75, 3.05) is 0 Å². The van der Waals surface area contributed by atoms with E-state index in [1.165, 1.54) is 11.1 Å². The lowest BCUT2D eigenvalue weighted by Gasteiger charge is -2.48. The van der Waals surface area contributed by atoms with Crippen LogP contribution in [0.4, 0.5) is 0 Å². The second kappa shape index (κ2) is 6.35. The number of ether oxygens (including phenoxy) is 2. The molecule has 3 nitrogen and oxygen atoms in total. The first-order valence-electron chi connectivity index (χ1n) is 10.5. The van der Waals surface area contributed by atoms with E-state index in [1.807, 2.05) is 12.2 Å². The maximum atomic E-state index is 13.5. The van der Waals surface area contributed by atoms with Gasteiger partial charge in [-0.3, -0.25) is 4.79 Å². The van der Waals surface area contributed by atoms with Crippen LogP contribution >= 0.6 is 0 Å². The van der Waals surface area contributed by atoms with Crippen molar-refractivity contribution in [1.29, 1.82) is 0 Å². The Hall–Kier alpha value is -2.81. The Bertz CT molecular complexity index is 1000. The zero-order chi connectivity index (χ0) is 20.3. The summed E-state index contributed by atoms with van der Waals surface area (Å²) in [6.45, 7) is 8.54. The van der Waals surface area contributed by atoms with Gasteiger partial charge in [-0.1, -0.05) is 52.0 Å². The number of ketones is 1. The van der Waals surface area contributed by atoms with E-state index in [0.717, 1.165) is 46.6 Å². The molecule has 0 spiro atoms. The molecule has 2 aromatic carbocycles. The highest BCUT2D eigenvalue weighted by molar-refractivity contribution is 6.16. The average molecular weight is 386 g/mol. The highest BCUT2D eigenvalue weighted by Gasteiger charge is 2.54. The number of hydrogen-bond acceptors (Lipinski definition) is 3. The molecule has 0 aromatic heterocycles. The Morgan fingerprint density at radius 3 is 1.66 bits per heavy atom. The van der Waals surface area contributed by atoms with E-state index in [2.05, 4.69) is 64.1 Å². The summed E-state index contributed by atoms with van der Waals surface area (Å²) in [6, 6.07) is 12.5. The van der Waals surface area contributed by atoms with Gasteiger partial charge in [0.15, 0.2) is 5.78 Å². The zero-order valence-corrected chi connectivity index (χ0v) is 17.4. The molecule has 0 radical (unpaired) electrons. The second-order valence-electron chi connectivity index (χ2n) is 8.80. The molecule has 0 N–H and O–H groups in total. The van der Waals surface area contributed by atoms with E-state index >= 15 is 0 Å². The number of aryl methyl sites for hydroxylation is 2. The summed E-state index contributed by atoms with van der Waals surface area (Å²) in [5.74, 6) is 1.75. The normalized spacial score (nSPS) is 23.4. The maximum absolute atomic E-state index is 13.5. The molecule has 0 amide bonds. The van der Waals surface area contributed by atoms with Crippen molar-refractivity contribution >= 4 is 17.9 Å². The quantitative estimate of drug-likeness (QED) is 0.692. The van der Waals surface area contributed by atoms with Gasteiger partial charge < -0.3 is 9.47 Å². The molecule has 2 aliphatic heterocycles. The van der Waals surface area contributed by atoms with Crippen molar-refractivity contribution in [2.45, 2.75) is 52.7 Å². The highest BCUT2D eigenvalue weighted by Crippen LogP contribution is 2.50. The number of rotatable bonds is 2. The average Bonchev–Trinajstić information content (AvgIpc) is 2.75. The van der Waals surface area contributed by atoms with Crippen molar-refractivity contribution in [2.24, 2.45) is 5.41 Å². The molecule has 5 rings (SSSR count). The predicted molar refractivity (Wildman–Crippen MR) is 115 cm³/mol. The van der Waals surface area contributed by atoms with Gasteiger partial charge in [0.25, 0.3) is 0 Å². The number of fused-ring (bicyclic) bond motifs is 4. The van der Waals surface area contributed by atoms with Crippen LogP contribution in [0.1, 0.15) is 49.9 Å². The maximum Gasteiger partial charge on any atom is 0.192 e. The molecule has 2 aromatic rings. The van der Waals surface area contributed by atoms with Gasteiger partial charge in [-0.25, -0.2) is 0 Å². The third-order valence-electron chi connectivity index (χ3n) is 6.52. The lowest BCUT2D eigenvalue weighted by atomic mass is 9.65. The molecule has 148 valence electrons. The van der Waals surface area contributed by atoms with Gasteiger partial charge in [0.2, 0.25) is 0 Å². The first-order valence-corrected chi connectivity index (χ1v) is 10.5. The smallest absolute Gasteiger partial charge is 0.192 e. The highest BCUT2D eigenvalue weighted by atomic mass is 16.5. The molecule has 1 fully saturated rings. The van der Waals surface area contributed by atoms with Crippen LogP contribution in [-0.2, 0) is 17.6 Å². The number of carbonyl (C=O) groups is 1. The largest absolute Gasteiger partial charge is 0.484 e. The summed E-state index contributed by atoms with van der Waals surface area (Å²) in [5, 5.41) is 0. The Labute approximate surface area is 172 Å². The van der Waals surface area contributed by atoms with Crippen LogP contribution in [-0.4, -0.2) is 18.0 Å². The van der Waals surface area contributed by atoms with Crippen molar-refractivity contribution in [3.8, 4) is 11.5 Å². The van der Waals surface area contributed by atoms with Gasteiger partial charge in [0.1, 0.15) is 23.7 Å². The van der Waals surface area contributed by atoms with Crippen LogP contribution in [0.15, 0.2) is 47.5 Å². The third-order valence-corrected chi connectivity index (χ3v) is 6.52. The van der Waals surface area contributed by atoms with Crippen LogP contribution in [0.2, 0.25) is 0 Å². The van der Waals surface area contributed by atoms with Crippen molar-refractivity contribution in [1.82, 2.24) is 0 Å². The standard InChI is InChI=1S/C26H26O3/c1-5-15-7-9-17-13-19-23(27)20-14-18-10-8-16(6-2)12-22(18)29-25(20)26(3,4)24(19)28-21(17)11-15/h7-14,24-25H,5-6H2,1-4H3/t24-,25-/m1/s1.